The van der Waals surface area contributed by atoms with E-state index in [0.717, 1.165) is 22.6 Å². The molecule has 2 rings (SSSR count). The molecule has 0 saturated carbocycles. The van der Waals surface area contributed by atoms with Gasteiger partial charge < -0.3 is 10.5 Å². The van der Waals surface area contributed by atoms with E-state index in [1.54, 1.807) is 31.5 Å². The number of aryl methyl sites for hydroxylation is 1. The number of pyridine rings is 1. The van der Waals surface area contributed by atoms with Crippen molar-refractivity contribution < 1.29 is 8.95 Å². The number of benzene rings is 1. The van der Waals surface area contributed by atoms with Crippen LogP contribution in [0.15, 0.2) is 29.3 Å². The molecule has 2 N–H and O–H groups in total. The average molecular weight is 325 g/mol. The van der Waals surface area contributed by atoms with Crippen molar-refractivity contribution in [2.45, 2.75) is 24.5 Å². The van der Waals surface area contributed by atoms with Gasteiger partial charge in [-0.1, -0.05) is 11.6 Å². The van der Waals surface area contributed by atoms with Gasteiger partial charge in [-0.2, -0.15) is 0 Å². The molecule has 4 nitrogen and oxygen atoms in total. The Morgan fingerprint density at radius 2 is 2.10 bits per heavy atom. The third-order valence-corrected chi connectivity index (χ3v) is 4.85. The molecule has 1 aromatic carbocycles. The third-order valence-electron chi connectivity index (χ3n) is 3.24. The van der Waals surface area contributed by atoms with Gasteiger partial charge >= 0.3 is 0 Å². The Bertz CT molecular complexity index is 704. The van der Waals surface area contributed by atoms with Crippen LogP contribution in [0.1, 0.15) is 16.8 Å². The highest BCUT2D eigenvalue weighted by molar-refractivity contribution is 7.84. The molecule has 21 heavy (non-hydrogen) atoms. The van der Waals surface area contributed by atoms with Crippen LogP contribution in [-0.2, 0) is 16.6 Å². The van der Waals surface area contributed by atoms with Crippen LogP contribution in [0.25, 0.3) is 0 Å². The summed E-state index contributed by atoms with van der Waals surface area (Å²) in [4.78, 5) is 4.89. The molecule has 1 unspecified atom stereocenters. The van der Waals surface area contributed by atoms with Crippen LogP contribution in [0.5, 0.6) is 5.75 Å². The van der Waals surface area contributed by atoms with Gasteiger partial charge in [-0.25, -0.2) is 0 Å². The van der Waals surface area contributed by atoms with E-state index in [1.165, 1.54) is 0 Å². The van der Waals surface area contributed by atoms with Gasteiger partial charge in [0.15, 0.2) is 0 Å². The first-order chi connectivity index (χ1) is 9.93. The highest BCUT2D eigenvalue weighted by atomic mass is 35.5. The lowest BCUT2D eigenvalue weighted by Gasteiger charge is -2.12. The first-order valence-electron chi connectivity index (χ1n) is 6.36. The largest absolute Gasteiger partial charge is 0.496 e. The Morgan fingerprint density at radius 3 is 2.76 bits per heavy atom. The highest BCUT2D eigenvalue weighted by Gasteiger charge is 2.15. The van der Waals surface area contributed by atoms with Crippen molar-refractivity contribution in [2.75, 3.05) is 12.8 Å². The number of nitrogens with two attached hydrogens (primary N) is 1. The van der Waals surface area contributed by atoms with Crippen LogP contribution in [-0.4, -0.2) is 16.3 Å². The standard InChI is InChI=1S/C15H17ClN2O2S/c1-9-7-18-13(10(2)15(9)20-3)8-21(19)14-6-11(16)4-5-12(14)17/h4-7H,8,17H2,1-3H3. The summed E-state index contributed by atoms with van der Waals surface area (Å²) in [5.41, 5.74) is 8.91. The molecule has 2 aromatic rings. The van der Waals surface area contributed by atoms with Crippen molar-refractivity contribution in [3.8, 4) is 5.75 Å². The maximum Gasteiger partial charge on any atom is 0.128 e. The van der Waals surface area contributed by atoms with Crippen molar-refractivity contribution in [3.05, 3.63) is 46.2 Å². The lowest BCUT2D eigenvalue weighted by Crippen LogP contribution is -2.05. The van der Waals surface area contributed by atoms with Gasteiger partial charge in [-0.05, 0) is 32.0 Å². The average Bonchev–Trinajstić information content (AvgIpc) is 2.45. The summed E-state index contributed by atoms with van der Waals surface area (Å²) in [6.07, 6.45) is 1.72. The van der Waals surface area contributed by atoms with Crippen LogP contribution in [0.2, 0.25) is 5.02 Å². The molecule has 0 aliphatic heterocycles. The molecule has 1 aromatic heterocycles. The first kappa shape index (κ1) is 15.8. The van der Waals surface area contributed by atoms with Crippen LogP contribution >= 0.6 is 11.6 Å². The molecule has 0 bridgehead atoms. The minimum absolute atomic E-state index is 0.271. The van der Waals surface area contributed by atoms with E-state index in [-0.39, 0.29) is 5.75 Å². The molecule has 0 saturated heterocycles. The normalized spacial score (nSPS) is 12.2. The van der Waals surface area contributed by atoms with Crippen molar-refractivity contribution in [1.29, 1.82) is 0 Å². The fourth-order valence-electron chi connectivity index (χ4n) is 2.12. The number of rotatable bonds is 4. The summed E-state index contributed by atoms with van der Waals surface area (Å²) >= 11 is 5.94. The number of hydrogen-bond acceptors (Lipinski definition) is 4. The number of halogens is 1. The molecule has 1 atom stereocenters. The highest BCUT2D eigenvalue weighted by Crippen LogP contribution is 2.27. The molecule has 6 heteroatoms. The summed E-state index contributed by atoms with van der Waals surface area (Å²) in [5.74, 6) is 1.04. The summed E-state index contributed by atoms with van der Waals surface area (Å²) in [6, 6.07) is 4.97. The number of nitrogen functional groups attached to an aromatic ring is 1. The second kappa shape index (κ2) is 6.45. The van der Waals surface area contributed by atoms with Gasteiger partial charge in [0.2, 0.25) is 0 Å². The van der Waals surface area contributed by atoms with E-state index >= 15 is 0 Å². The van der Waals surface area contributed by atoms with E-state index in [0.29, 0.717) is 15.6 Å². The molecule has 0 aliphatic carbocycles. The number of nitrogens with zero attached hydrogens (tertiary/aromatic N) is 1. The minimum atomic E-state index is -1.31. The molecular weight excluding hydrogens is 308 g/mol. The third kappa shape index (κ3) is 3.36. The van der Waals surface area contributed by atoms with Crippen molar-refractivity contribution in [1.82, 2.24) is 4.98 Å². The SMILES string of the molecule is COc1c(C)cnc(CS(=O)c2cc(Cl)ccc2N)c1C. The Balaban J connectivity index is 2.34. The van der Waals surface area contributed by atoms with Gasteiger partial charge in [0.25, 0.3) is 0 Å². The number of anilines is 1. The Labute approximate surface area is 131 Å². The number of hydrogen-bond donors (Lipinski definition) is 1. The van der Waals surface area contributed by atoms with E-state index in [4.69, 9.17) is 22.1 Å². The van der Waals surface area contributed by atoms with E-state index in [1.807, 2.05) is 13.8 Å². The predicted molar refractivity (Wildman–Crippen MR) is 86.2 cm³/mol. The van der Waals surface area contributed by atoms with Crippen LogP contribution in [0, 0.1) is 13.8 Å². The Hall–Kier alpha value is -1.59. The molecule has 112 valence electrons. The Morgan fingerprint density at radius 1 is 1.38 bits per heavy atom. The van der Waals surface area contributed by atoms with Crippen LogP contribution < -0.4 is 10.5 Å². The summed E-state index contributed by atoms with van der Waals surface area (Å²) in [5, 5.41) is 0.513. The minimum Gasteiger partial charge on any atom is -0.496 e. The number of ether oxygens (including phenoxy) is 1. The molecule has 0 amide bonds. The maximum absolute atomic E-state index is 12.5. The topological polar surface area (TPSA) is 65.2 Å². The van der Waals surface area contributed by atoms with Crippen LogP contribution in [0.4, 0.5) is 5.69 Å². The van der Waals surface area contributed by atoms with Gasteiger partial charge in [0.05, 0.1) is 34.3 Å². The van der Waals surface area contributed by atoms with Gasteiger partial charge in [0, 0.05) is 28.0 Å². The predicted octanol–water partition coefficient (Wildman–Crippen LogP) is 3.25. The van der Waals surface area contributed by atoms with Gasteiger partial charge in [-0.15, -0.1) is 0 Å². The zero-order chi connectivity index (χ0) is 15.6. The summed E-state index contributed by atoms with van der Waals surface area (Å²) in [7, 11) is 0.305. The van der Waals surface area contributed by atoms with Gasteiger partial charge in [-0.3, -0.25) is 9.19 Å². The van der Waals surface area contributed by atoms with Crippen molar-refractivity contribution in [2.24, 2.45) is 0 Å². The number of aromatic nitrogens is 1. The summed E-state index contributed by atoms with van der Waals surface area (Å²) in [6.45, 7) is 3.83. The first-order valence-corrected chi connectivity index (χ1v) is 8.06. The monoisotopic (exact) mass is 324 g/mol. The second-order valence-corrected chi connectivity index (χ2v) is 6.57. The lowest BCUT2D eigenvalue weighted by molar-refractivity contribution is 0.407. The molecule has 0 radical (unpaired) electrons. The van der Waals surface area contributed by atoms with Crippen molar-refractivity contribution in [3.63, 3.8) is 0 Å². The fourth-order valence-corrected chi connectivity index (χ4v) is 3.64. The van der Waals surface area contributed by atoms with Crippen LogP contribution in [0.3, 0.4) is 0 Å². The van der Waals surface area contributed by atoms with Gasteiger partial charge in [0.1, 0.15) is 5.75 Å². The fraction of sp³-hybridized carbons (Fsp3) is 0.267. The molecule has 0 aliphatic rings. The molecular formula is C15H17ClN2O2S. The molecule has 0 spiro atoms. The summed E-state index contributed by atoms with van der Waals surface area (Å²) < 4.78 is 17.9. The molecule has 0 fully saturated rings. The van der Waals surface area contributed by atoms with E-state index in [9.17, 15) is 4.21 Å². The van der Waals surface area contributed by atoms with Crippen molar-refractivity contribution >= 4 is 28.1 Å². The number of methoxy groups -OCH3 is 1. The maximum atomic E-state index is 12.5. The zero-order valence-electron chi connectivity index (χ0n) is 12.1. The second-order valence-electron chi connectivity index (χ2n) is 4.72. The zero-order valence-corrected chi connectivity index (χ0v) is 13.7. The lowest BCUT2D eigenvalue weighted by atomic mass is 10.1. The quantitative estimate of drug-likeness (QED) is 0.877. The van der Waals surface area contributed by atoms with E-state index < -0.39 is 10.8 Å². The molecule has 1 heterocycles. The van der Waals surface area contributed by atoms with E-state index in [2.05, 4.69) is 4.98 Å². The Kier molecular flexibility index (Phi) is 4.85. The smallest absolute Gasteiger partial charge is 0.128 e.